The Morgan fingerprint density at radius 3 is 2.70 bits per heavy atom. The molecule has 4 N–H and O–H groups in total. The standard InChI is InChI=1S/C31H42ClN3O5/c1-3-21-9-4-5-13-27(21)40-28-25(11-6-12-26(28)32)31(38,16-8-17-34-30(37)39-2)23-10-7-18-35(20-23)29(36)22-14-15-24(33)19-22/h4-6,9,11-13,22-24,38H,3,7-8,10,14-20,33H2,1-2H3,(H,34,37)/t22?,23-,24+,31+/m1/s1. The summed E-state index contributed by atoms with van der Waals surface area (Å²) in [6.07, 6.45) is 5.02. The van der Waals surface area contributed by atoms with Crippen molar-refractivity contribution in [3.63, 3.8) is 0 Å². The summed E-state index contributed by atoms with van der Waals surface area (Å²) >= 11 is 6.73. The number of nitrogens with two attached hydrogens (primary N) is 1. The summed E-state index contributed by atoms with van der Waals surface area (Å²) in [6, 6.07) is 13.3. The van der Waals surface area contributed by atoms with Gasteiger partial charge in [0.25, 0.3) is 0 Å². The summed E-state index contributed by atoms with van der Waals surface area (Å²) in [5, 5.41) is 15.7. The first kappa shape index (κ1) is 30.2. The molecule has 0 radical (unpaired) electrons. The van der Waals surface area contributed by atoms with Crippen LogP contribution in [0.25, 0.3) is 0 Å². The van der Waals surface area contributed by atoms with Gasteiger partial charge in [0.2, 0.25) is 5.91 Å². The molecular weight excluding hydrogens is 530 g/mol. The molecule has 2 fully saturated rings. The minimum Gasteiger partial charge on any atom is -0.455 e. The van der Waals surface area contributed by atoms with Crippen molar-refractivity contribution in [1.82, 2.24) is 10.2 Å². The number of carbonyl (C=O) groups is 2. The molecule has 8 nitrogen and oxygen atoms in total. The molecule has 1 aliphatic carbocycles. The Bertz CT molecular complexity index is 1180. The van der Waals surface area contributed by atoms with Crippen molar-refractivity contribution in [3.05, 3.63) is 58.6 Å². The maximum atomic E-state index is 13.4. The van der Waals surface area contributed by atoms with Gasteiger partial charge >= 0.3 is 6.09 Å². The molecule has 2 aromatic carbocycles. The third-order valence-corrected chi connectivity index (χ3v) is 8.72. The number of ether oxygens (including phenoxy) is 2. The number of para-hydroxylation sites is 2. The van der Waals surface area contributed by atoms with Gasteiger partial charge in [-0.1, -0.05) is 48.9 Å². The van der Waals surface area contributed by atoms with E-state index in [1.54, 1.807) is 6.07 Å². The average Bonchev–Trinajstić information content (AvgIpc) is 3.42. The van der Waals surface area contributed by atoms with Crippen LogP contribution in [0.4, 0.5) is 4.79 Å². The number of rotatable bonds is 10. The lowest BCUT2D eigenvalue weighted by atomic mass is 9.73. The van der Waals surface area contributed by atoms with Gasteiger partial charge in [0, 0.05) is 43.1 Å². The topological polar surface area (TPSA) is 114 Å². The number of hydrogen-bond acceptors (Lipinski definition) is 6. The second kappa shape index (κ2) is 13.7. The SMILES string of the molecule is CCc1ccccc1Oc1c(Cl)cccc1[C@](O)(CCCNC(=O)OC)[C@@H]1CCCN(C(=O)C2CC[C@H](N)C2)C1. The van der Waals surface area contributed by atoms with Crippen LogP contribution >= 0.6 is 11.6 Å². The lowest BCUT2D eigenvalue weighted by Crippen LogP contribution is -2.49. The molecule has 1 heterocycles. The van der Waals surface area contributed by atoms with Crippen molar-refractivity contribution < 1.29 is 24.2 Å². The van der Waals surface area contributed by atoms with Crippen LogP contribution in [-0.2, 0) is 21.6 Å². The summed E-state index contributed by atoms with van der Waals surface area (Å²) in [6.45, 7) is 3.50. The zero-order valence-electron chi connectivity index (χ0n) is 23.5. The summed E-state index contributed by atoms with van der Waals surface area (Å²) in [5.74, 6) is 0.930. The van der Waals surface area contributed by atoms with E-state index in [-0.39, 0.29) is 23.8 Å². The fraction of sp³-hybridized carbons (Fsp3) is 0.548. The first-order valence-corrected chi connectivity index (χ1v) is 14.8. The van der Waals surface area contributed by atoms with Gasteiger partial charge < -0.3 is 30.5 Å². The van der Waals surface area contributed by atoms with Crippen molar-refractivity contribution in [3.8, 4) is 11.5 Å². The molecule has 0 spiro atoms. The molecule has 1 aliphatic heterocycles. The van der Waals surface area contributed by atoms with Crippen LogP contribution in [0.2, 0.25) is 5.02 Å². The Morgan fingerprint density at radius 2 is 1.98 bits per heavy atom. The molecule has 1 saturated heterocycles. The van der Waals surface area contributed by atoms with Crippen molar-refractivity contribution in [2.45, 2.75) is 69.9 Å². The Hall–Kier alpha value is -2.81. The van der Waals surface area contributed by atoms with Gasteiger partial charge in [-0.05, 0) is 69.1 Å². The van der Waals surface area contributed by atoms with E-state index in [2.05, 4.69) is 12.2 Å². The van der Waals surface area contributed by atoms with E-state index < -0.39 is 11.7 Å². The molecule has 1 unspecified atom stereocenters. The normalized spacial score (nSPS) is 22.4. The summed E-state index contributed by atoms with van der Waals surface area (Å²) in [7, 11) is 1.32. The Morgan fingerprint density at radius 1 is 1.18 bits per heavy atom. The van der Waals surface area contributed by atoms with Crippen molar-refractivity contribution >= 4 is 23.6 Å². The summed E-state index contributed by atoms with van der Waals surface area (Å²) in [4.78, 5) is 27.0. The minimum absolute atomic E-state index is 0.0540. The van der Waals surface area contributed by atoms with Crippen LogP contribution in [0.1, 0.15) is 63.0 Å². The monoisotopic (exact) mass is 571 g/mol. The smallest absolute Gasteiger partial charge is 0.406 e. The maximum absolute atomic E-state index is 13.4. The van der Waals surface area contributed by atoms with E-state index in [0.717, 1.165) is 37.7 Å². The quantitative estimate of drug-likeness (QED) is 0.330. The number of alkyl carbamates (subject to hydrolysis) is 1. The number of nitrogens with zero attached hydrogens (tertiary/aromatic N) is 1. The highest BCUT2D eigenvalue weighted by atomic mass is 35.5. The van der Waals surface area contributed by atoms with Crippen LogP contribution in [0, 0.1) is 11.8 Å². The van der Waals surface area contributed by atoms with E-state index in [9.17, 15) is 14.7 Å². The number of aryl methyl sites for hydroxylation is 1. The fourth-order valence-electron chi connectivity index (χ4n) is 6.20. The second-order valence-corrected chi connectivity index (χ2v) is 11.4. The van der Waals surface area contributed by atoms with E-state index in [4.69, 9.17) is 26.8 Å². The van der Waals surface area contributed by atoms with Crippen LogP contribution in [0.3, 0.4) is 0 Å². The second-order valence-electron chi connectivity index (χ2n) is 11.0. The Kier molecular flexibility index (Phi) is 10.3. The number of likely N-dealkylation sites (tertiary alicyclic amines) is 1. The molecule has 2 aliphatic rings. The molecule has 2 amide bonds. The minimum atomic E-state index is -1.36. The number of nitrogens with one attached hydrogen (secondary N) is 1. The van der Waals surface area contributed by atoms with Gasteiger partial charge in [0.05, 0.1) is 17.7 Å². The Balaban J connectivity index is 1.66. The van der Waals surface area contributed by atoms with Crippen molar-refractivity contribution in [2.75, 3.05) is 26.7 Å². The molecule has 1 saturated carbocycles. The van der Waals surface area contributed by atoms with Gasteiger partial charge in [-0.25, -0.2) is 4.79 Å². The molecule has 2 aromatic rings. The van der Waals surface area contributed by atoms with Crippen LogP contribution in [0.5, 0.6) is 11.5 Å². The zero-order chi connectivity index (χ0) is 28.7. The molecule has 0 bridgehead atoms. The average molecular weight is 572 g/mol. The highest BCUT2D eigenvalue weighted by Gasteiger charge is 2.44. The van der Waals surface area contributed by atoms with Crippen LogP contribution in [-0.4, -0.2) is 54.8 Å². The molecule has 218 valence electrons. The Labute approximate surface area is 242 Å². The van der Waals surface area contributed by atoms with Crippen LogP contribution < -0.4 is 15.8 Å². The molecule has 0 aromatic heterocycles. The fourth-order valence-corrected chi connectivity index (χ4v) is 6.42. The third-order valence-electron chi connectivity index (χ3n) is 8.42. The van der Waals surface area contributed by atoms with E-state index >= 15 is 0 Å². The van der Waals surface area contributed by atoms with Crippen molar-refractivity contribution in [2.24, 2.45) is 17.6 Å². The van der Waals surface area contributed by atoms with Gasteiger partial charge in [-0.2, -0.15) is 0 Å². The lowest BCUT2D eigenvalue weighted by Gasteiger charge is -2.44. The van der Waals surface area contributed by atoms with E-state index in [0.29, 0.717) is 61.0 Å². The number of piperidine rings is 1. The predicted molar refractivity (Wildman–Crippen MR) is 156 cm³/mol. The lowest BCUT2D eigenvalue weighted by molar-refractivity contribution is -0.141. The molecule has 40 heavy (non-hydrogen) atoms. The van der Waals surface area contributed by atoms with Crippen molar-refractivity contribution in [1.29, 1.82) is 0 Å². The largest absolute Gasteiger partial charge is 0.455 e. The first-order chi connectivity index (χ1) is 19.3. The first-order valence-electron chi connectivity index (χ1n) is 14.4. The molecular formula is C31H42ClN3O5. The predicted octanol–water partition coefficient (Wildman–Crippen LogP) is 5.38. The van der Waals surface area contributed by atoms with E-state index in [1.165, 1.54) is 7.11 Å². The highest BCUT2D eigenvalue weighted by Crippen LogP contribution is 2.47. The van der Waals surface area contributed by atoms with Crippen LogP contribution in [0.15, 0.2) is 42.5 Å². The van der Waals surface area contributed by atoms with Gasteiger partial charge in [0.15, 0.2) is 5.75 Å². The number of hydrogen-bond donors (Lipinski definition) is 3. The number of methoxy groups -OCH3 is 1. The maximum Gasteiger partial charge on any atom is 0.406 e. The van der Waals surface area contributed by atoms with Gasteiger partial charge in [0.1, 0.15) is 5.75 Å². The van der Waals surface area contributed by atoms with E-state index in [1.807, 2.05) is 41.3 Å². The summed E-state index contributed by atoms with van der Waals surface area (Å²) < 4.78 is 11.2. The number of halogens is 1. The third kappa shape index (κ3) is 6.90. The zero-order valence-corrected chi connectivity index (χ0v) is 24.3. The molecule has 4 rings (SSSR count). The van der Waals surface area contributed by atoms with Gasteiger partial charge in [-0.15, -0.1) is 0 Å². The number of amides is 2. The number of aliphatic hydroxyl groups is 1. The van der Waals surface area contributed by atoms with Gasteiger partial charge in [-0.3, -0.25) is 4.79 Å². The summed E-state index contributed by atoms with van der Waals surface area (Å²) in [5.41, 5.74) is 6.37. The molecule has 9 heteroatoms. The highest BCUT2D eigenvalue weighted by molar-refractivity contribution is 6.32. The molecule has 4 atom stereocenters. The number of carbonyl (C=O) groups excluding carboxylic acids is 2. The number of benzene rings is 2.